The predicted molar refractivity (Wildman–Crippen MR) is 170 cm³/mol. The molecule has 4 aromatic rings. The molecule has 0 N–H and O–H groups in total. The standard InChI is InChI=1S/C16H17O2PS.C15H14ClO2PS.Ar/c1-19(17)18-15(13-8-4-2-5-9-13)12-16(20-19)14-10-6-3-7-11-14;16-19(17)18-14(12-7-3-1-4-8-12)11-15(20-19)13-9-5-2-6-10-13;/h2-11,15-16H,12H2,1H3;1-10,14-15H,11H2;. The van der Waals surface area contributed by atoms with E-state index in [0.717, 1.165) is 29.5 Å². The molecule has 6 unspecified atom stereocenters. The monoisotopic (exact) mass is 668 g/mol. The minimum absolute atomic E-state index is 0. The summed E-state index contributed by atoms with van der Waals surface area (Å²) in [5.74, 6) is -3.14. The Balaban J connectivity index is 0.000000184. The van der Waals surface area contributed by atoms with Crippen molar-refractivity contribution >= 4 is 46.5 Å². The fourth-order valence-corrected chi connectivity index (χ4v) is 13.6. The molecule has 2 aliphatic rings. The predicted octanol–water partition coefficient (Wildman–Crippen LogP) is 11.4. The molecule has 0 aliphatic carbocycles. The molecule has 4 nitrogen and oxygen atoms in total. The van der Waals surface area contributed by atoms with Crippen LogP contribution < -0.4 is 0 Å². The molecule has 0 amide bonds. The molecule has 41 heavy (non-hydrogen) atoms. The van der Waals surface area contributed by atoms with Gasteiger partial charge >= 0.3 is 5.92 Å². The van der Waals surface area contributed by atoms with Crippen LogP contribution in [0.1, 0.15) is 57.8 Å². The van der Waals surface area contributed by atoms with Gasteiger partial charge in [-0.15, -0.1) is 0 Å². The van der Waals surface area contributed by atoms with Crippen LogP contribution in [0.4, 0.5) is 0 Å². The van der Waals surface area contributed by atoms with Crippen LogP contribution in [0, 0.1) is 37.7 Å². The second-order valence-electron chi connectivity index (χ2n) is 9.69. The Kier molecular flexibility index (Phi) is 12.6. The smallest absolute Gasteiger partial charge is 0.313 e. The maximum atomic E-state index is 12.5. The molecule has 6 atom stereocenters. The van der Waals surface area contributed by atoms with Crippen LogP contribution in [-0.4, -0.2) is 6.66 Å². The van der Waals surface area contributed by atoms with Crippen molar-refractivity contribution in [3.63, 3.8) is 0 Å². The van der Waals surface area contributed by atoms with Gasteiger partial charge in [0.1, 0.15) is 0 Å². The largest absolute Gasteiger partial charge is 0.347 e. The van der Waals surface area contributed by atoms with Crippen LogP contribution in [0.2, 0.25) is 0 Å². The molecule has 6 rings (SSSR count). The van der Waals surface area contributed by atoms with Crippen LogP contribution in [0.25, 0.3) is 0 Å². The van der Waals surface area contributed by atoms with E-state index in [2.05, 4.69) is 12.1 Å². The van der Waals surface area contributed by atoms with E-state index in [4.69, 9.17) is 20.3 Å². The summed E-state index contributed by atoms with van der Waals surface area (Å²) < 4.78 is 36.3. The number of rotatable bonds is 4. The van der Waals surface area contributed by atoms with Gasteiger partial charge in [0.05, 0.1) is 12.2 Å². The van der Waals surface area contributed by atoms with E-state index in [-0.39, 0.29) is 60.4 Å². The molecule has 2 fully saturated rings. The van der Waals surface area contributed by atoms with Gasteiger partial charge < -0.3 is 9.05 Å². The molecule has 2 saturated heterocycles. The molecule has 0 saturated carbocycles. The summed E-state index contributed by atoms with van der Waals surface area (Å²) in [5, 5.41) is 0.324. The van der Waals surface area contributed by atoms with Gasteiger partial charge in [0.25, 0.3) is 6.57 Å². The normalized spacial score (nSPS) is 29.3. The topological polar surface area (TPSA) is 52.6 Å². The van der Waals surface area contributed by atoms with Crippen molar-refractivity contribution in [3.05, 3.63) is 144 Å². The molecule has 0 spiro atoms. The molecule has 0 bridgehead atoms. The van der Waals surface area contributed by atoms with Crippen molar-refractivity contribution in [2.45, 2.75) is 35.5 Å². The van der Waals surface area contributed by atoms with Crippen molar-refractivity contribution < 1.29 is 55.9 Å². The van der Waals surface area contributed by atoms with Crippen molar-refractivity contribution in [2.75, 3.05) is 6.66 Å². The molecular formula is C31H31ArClO4P2S2. The van der Waals surface area contributed by atoms with Gasteiger partial charge in [-0.25, -0.2) is 0 Å². The average Bonchev–Trinajstić information content (AvgIpc) is 2.98. The number of benzene rings is 4. The van der Waals surface area contributed by atoms with E-state index in [1.807, 2.05) is 109 Å². The van der Waals surface area contributed by atoms with E-state index in [0.29, 0.717) is 0 Å². The van der Waals surface area contributed by atoms with Gasteiger partial charge in [-0.2, -0.15) is 0 Å². The second-order valence-corrected chi connectivity index (χ2v) is 20.7. The first-order valence-corrected chi connectivity index (χ1v) is 20.7. The Morgan fingerprint density at radius 2 is 0.927 bits per heavy atom. The molecule has 0 aromatic heterocycles. The van der Waals surface area contributed by atoms with Crippen LogP contribution in [0.15, 0.2) is 121 Å². The van der Waals surface area contributed by atoms with Crippen molar-refractivity contribution in [2.24, 2.45) is 0 Å². The summed E-state index contributed by atoms with van der Waals surface area (Å²) in [6.45, 7) is -0.888. The summed E-state index contributed by atoms with van der Waals surface area (Å²) >= 11 is 8.77. The minimum Gasteiger partial charge on any atom is -0.313 e. The Morgan fingerprint density at radius 3 is 1.34 bits per heavy atom. The van der Waals surface area contributed by atoms with E-state index in [9.17, 15) is 9.13 Å². The summed E-state index contributed by atoms with van der Waals surface area (Å²) in [4.78, 5) is 0. The average molecular weight is 669 g/mol. The molecule has 4 aromatic carbocycles. The zero-order valence-electron chi connectivity index (χ0n) is 22.3. The van der Waals surface area contributed by atoms with Crippen LogP contribution in [-0.2, 0) is 18.2 Å². The van der Waals surface area contributed by atoms with Crippen LogP contribution in [0.5, 0.6) is 0 Å². The van der Waals surface area contributed by atoms with E-state index < -0.39 is 12.5 Å². The van der Waals surface area contributed by atoms with E-state index in [1.165, 1.54) is 28.3 Å². The molecule has 2 aliphatic heterocycles. The quantitative estimate of drug-likeness (QED) is 0.202. The molecule has 2 heterocycles. The van der Waals surface area contributed by atoms with Crippen molar-refractivity contribution in [1.82, 2.24) is 0 Å². The Morgan fingerprint density at radius 1 is 0.585 bits per heavy atom. The molecule has 216 valence electrons. The number of hydrogen-bond acceptors (Lipinski definition) is 6. The number of hydrogen-bond donors (Lipinski definition) is 0. The van der Waals surface area contributed by atoms with Gasteiger partial charge in [-0.1, -0.05) is 133 Å². The first-order chi connectivity index (χ1) is 19.3. The maximum absolute atomic E-state index is 12.5. The minimum atomic E-state index is -3.14. The zero-order chi connectivity index (χ0) is 28.0. The zero-order valence-corrected chi connectivity index (χ0v) is 27.2. The summed E-state index contributed by atoms with van der Waals surface area (Å²) in [6.07, 6.45) is 1.33. The summed E-state index contributed by atoms with van der Waals surface area (Å²) in [7, 11) is 0. The summed E-state index contributed by atoms with van der Waals surface area (Å²) in [6, 6.07) is 40.2. The third kappa shape index (κ3) is 9.75. The fourth-order valence-electron chi connectivity index (χ4n) is 4.84. The third-order valence-corrected chi connectivity index (χ3v) is 14.8. The van der Waals surface area contributed by atoms with Crippen LogP contribution >= 0.6 is 46.5 Å². The van der Waals surface area contributed by atoms with Crippen molar-refractivity contribution in [1.29, 1.82) is 0 Å². The maximum Gasteiger partial charge on any atom is 0.347 e. The Bertz CT molecular complexity index is 1250. The third-order valence-electron chi connectivity index (χ3n) is 6.69. The molecule has 10 heteroatoms. The molecular weight excluding hydrogens is 638 g/mol. The Hall–Kier alpha value is -0.490. The summed E-state index contributed by atoms with van der Waals surface area (Å²) in [5.41, 5.74) is 4.50. The van der Waals surface area contributed by atoms with Gasteiger partial charge in [0, 0.05) is 54.9 Å². The second kappa shape index (κ2) is 15.5. The fraction of sp³-hybridized carbons (Fsp3) is 0.226. The van der Waals surface area contributed by atoms with E-state index >= 15 is 0 Å². The van der Waals surface area contributed by atoms with Crippen molar-refractivity contribution in [3.8, 4) is 0 Å². The van der Waals surface area contributed by atoms with Gasteiger partial charge in [0.2, 0.25) is 0 Å². The van der Waals surface area contributed by atoms with Gasteiger partial charge in [-0.3, -0.25) is 9.13 Å². The first-order valence-electron chi connectivity index (χ1n) is 13.1. The SMILES string of the molecule is CP1(=O)OC(c2ccccc2)CC(c2ccccc2)S1.O=P1(Cl)OC(c2ccccc2)CC(c2ccccc2)S1.[Ar]. The number of halogens is 1. The van der Waals surface area contributed by atoms with Gasteiger partial charge in [-0.05, 0) is 57.7 Å². The van der Waals surface area contributed by atoms with E-state index in [1.54, 1.807) is 6.66 Å². The molecule has 0 radical (unpaired) electrons. The Labute approximate surface area is 285 Å². The van der Waals surface area contributed by atoms with Crippen LogP contribution in [0.3, 0.4) is 0 Å². The first kappa shape index (κ1) is 33.4. The van der Waals surface area contributed by atoms with Gasteiger partial charge in [0.15, 0.2) is 0 Å².